The molecule has 0 atom stereocenters. The third-order valence-electron chi connectivity index (χ3n) is 4.10. The number of aromatic nitrogens is 2. The monoisotopic (exact) mass is 392 g/mol. The molecule has 1 amide bonds. The van der Waals surface area contributed by atoms with Gasteiger partial charge in [-0.25, -0.2) is 14.8 Å². The summed E-state index contributed by atoms with van der Waals surface area (Å²) >= 11 is 0. The maximum absolute atomic E-state index is 12.6. The van der Waals surface area contributed by atoms with Gasteiger partial charge < -0.3 is 20.1 Å². The molecule has 3 rings (SSSR count). The molecule has 0 saturated heterocycles. The van der Waals surface area contributed by atoms with Crippen LogP contribution in [0.15, 0.2) is 60.8 Å². The van der Waals surface area contributed by atoms with Gasteiger partial charge >= 0.3 is 5.97 Å². The van der Waals surface area contributed by atoms with E-state index >= 15 is 0 Å². The first-order chi connectivity index (χ1) is 14.1. The van der Waals surface area contributed by atoms with Gasteiger partial charge in [-0.15, -0.1) is 0 Å². The summed E-state index contributed by atoms with van der Waals surface area (Å²) in [6.07, 6.45) is 1.48. The summed E-state index contributed by atoms with van der Waals surface area (Å²) in [5, 5.41) is 5.76. The number of methoxy groups -OCH3 is 2. The van der Waals surface area contributed by atoms with Crippen LogP contribution in [0.5, 0.6) is 5.75 Å². The Morgan fingerprint density at radius 3 is 2.55 bits per heavy atom. The Bertz CT molecular complexity index is 1020. The van der Waals surface area contributed by atoms with Crippen LogP contribution in [0.2, 0.25) is 0 Å². The molecule has 8 nitrogen and oxygen atoms in total. The molecule has 2 aromatic carbocycles. The number of carbonyl (C=O) groups excluding carboxylic acids is 2. The van der Waals surface area contributed by atoms with E-state index in [9.17, 15) is 9.59 Å². The normalized spacial score (nSPS) is 10.1. The molecular weight excluding hydrogens is 372 g/mol. The van der Waals surface area contributed by atoms with Gasteiger partial charge in [0.1, 0.15) is 11.4 Å². The molecule has 1 heterocycles. The number of amides is 1. The van der Waals surface area contributed by atoms with Gasteiger partial charge in [0, 0.05) is 18.3 Å². The van der Waals surface area contributed by atoms with Crippen molar-refractivity contribution in [1.82, 2.24) is 9.97 Å². The van der Waals surface area contributed by atoms with E-state index in [0.717, 1.165) is 11.3 Å². The van der Waals surface area contributed by atoms with E-state index in [1.807, 2.05) is 24.3 Å². The Morgan fingerprint density at radius 2 is 1.76 bits per heavy atom. The molecule has 29 heavy (non-hydrogen) atoms. The fourth-order valence-corrected chi connectivity index (χ4v) is 2.66. The minimum Gasteiger partial charge on any atom is -0.496 e. The van der Waals surface area contributed by atoms with Gasteiger partial charge in [0.05, 0.1) is 25.5 Å². The quantitative estimate of drug-likeness (QED) is 0.596. The summed E-state index contributed by atoms with van der Waals surface area (Å²) in [5.41, 5.74) is 1.68. The summed E-state index contributed by atoms with van der Waals surface area (Å²) in [6, 6.07) is 15.7. The van der Waals surface area contributed by atoms with E-state index in [1.54, 1.807) is 31.4 Å². The largest absolute Gasteiger partial charge is 0.496 e. The number of hydrogen-bond donors (Lipinski definition) is 2. The maximum atomic E-state index is 12.6. The summed E-state index contributed by atoms with van der Waals surface area (Å²) in [5.74, 6) is 0.0324. The predicted molar refractivity (Wildman–Crippen MR) is 108 cm³/mol. The molecule has 0 aliphatic carbocycles. The number of rotatable bonds is 7. The third-order valence-corrected chi connectivity index (χ3v) is 4.10. The van der Waals surface area contributed by atoms with Gasteiger partial charge in [-0.2, -0.15) is 0 Å². The smallest absolute Gasteiger partial charge is 0.339 e. The van der Waals surface area contributed by atoms with Gasteiger partial charge in [0.2, 0.25) is 5.95 Å². The third kappa shape index (κ3) is 4.86. The van der Waals surface area contributed by atoms with Crippen molar-refractivity contribution >= 4 is 23.5 Å². The molecular formula is C21H20N4O4. The Kier molecular flexibility index (Phi) is 6.36. The Hall–Kier alpha value is -3.94. The van der Waals surface area contributed by atoms with Crippen LogP contribution in [0.1, 0.15) is 26.4 Å². The van der Waals surface area contributed by atoms with Crippen molar-refractivity contribution < 1.29 is 19.1 Å². The first-order valence-corrected chi connectivity index (χ1v) is 8.80. The average Bonchev–Trinajstić information content (AvgIpc) is 2.77. The number of hydrogen-bond acceptors (Lipinski definition) is 7. The van der Waals surface area contributed by atoms with Crippen molar-refractivity contribution in [3.63, 3.8) is 0 Å². The molecule has 2 N–H and O–H groups in total. The van der Waals surface area contributed by atoms with Crippen molar-refractivity contribution in [2.45, 2.75) is 6.54 Å². The van der Waals surface area contributed by atoms with Crippen molar-refractivity contribution in [2.75, 3.05) is 24.9 Å². The Labute approximate surface area is 167 Å². The number of para-hydroxylation sites is 2. The van der Waals surface area contributed by atoms with Crippen LogP contribution in [0, 0.1) is 0 Å². The fraction of sp³-hybridized carbons (Fsp3) is 0.143. The number of nitrogens with zero attached hydrogens (tertiary/aromatic N) is 2. The molecule has 0 radical (unpaired) electrons. The summed E-state index contributed by atoms with van der Waals surface area (Å²) in [4.78, 5) is 32.8. The van der Waals surface area contributed by atoms with Crippen LogP contribution in [-0.2, 0) is 11.3 Å². The van der Waals surface area contributed by atoms with Gasteiger partial charge in [0.15, 0.2) is 0 Å². The average molecular weight is 392 g/mol. The van der Waals surface area contributed by atoms with Gasteiger partial charge in [-0.05, 0) is 24.3 Å². The van der Waals surface area contributed by atoms with Crippen molar-refractivity contribution in [3.05, 3.63) is 77.6 Å². The minimum atomic E-state index is -0.539. The van der Waals surface area contributed by atoms with Crippen LogP contribution < -0.4 is 15.4 Å². The minimum absolute atomic E-state index is 0.155. The second kappa shape index (κ2) is 9.32. The zero-order chi connectivity index (χ0) is 20.6. The molecule has 0 spiro atoms. The summed E-state index contributed by atoms with van der Waals surface area (Å²) in [7, 11) is 2.89. The lowest BCUT2D eigenvalue weighted by atomic mass is 10.1. The Balaban J connectivity index is 1.73. The first-order valence-electron chi connectivity index (χ1n) is 8.80. The van der Waals surface area contributed by atoms with Crippen LogP contribution in [0.25, 0.3) is 0 Å². The van der Waals surface area contributed by atoms with E-state index in [1.165, 1.54) is 19.4 Å². The lowest BCUT2D eigenvalue weighted by Crippen LogP contribution is -2.17. The molecule has 1 aromatic heterocycles. The molecule has 0 aliphatic rings. The van der Waals surface area contributed by atoms with Crippen molar-refractivity contribution in [3.8, 4) is 5.75 Å². The lowest BCUT2D eigenvalue weighted by molar-refractivity contribution is 0.0602. The first kappa shape index (κ1) is 19.8. The van der Waals surface area contributed by atoms with Crippen molar-refractivity contribution in [2.24, 2.45) is 0 Å². The molecule has 0 fully saturated rings. The lowest BCUT2D eigenvalue weighted by Gasteiger charge is -2.11. The fourth-order valence-electron chi connectivity index (χ4n) is 2.66. The SMILES string of the molecule is COC(=O)c1ccccc1NC(=O)c1ccnc(NCc2ccccc2OC)n1. The highest BCUT2D eigenvalue weighted by atomic mass is 16.5. The summed E-state index contributed by atoms with van der Waals surface area (Å²) in [6.45, 7) is 0.431. The van der Waals surface area contributed by atoms with Gasteiger partial charge in [-0.1, -0.05) is 30.3 Å². The molecule has 148 valence electrons. The molecule has 0 aliphatic heterocycles. The molecule has 0 unspecified atom stereocenters. The van der Waals surface area contributed by atoms with E-state index in [2.05, 4.69) is 20.6 Å². The molecule has 3 aromatic rings. The van der Waals surface area contributed by atoms with Crippen LogP contribution >= 0.6 is 0 Å². The number of ether oxygens (including phenoxy) is 2. The zero-order valence-electron chi connectivity index (χ0n) is 16.0. The summed E-state index contributed by atoms with van der Waals surface area (Å²) < 4.78 is 10.1. The van der Waals surface area contributed by atoms with E-state index in [-0.39, 0.29) is 11.3 Å². The molecule has 8 heteroatoms. The van der Waals surface area contributed by atoms with E-state index in [0.29, 0.717) is 18.2 Å². The van der Waals surface area contributed by atoms with Crippen LogP contribution in [-0.4, -0.2) is 36.1 Å². The standard InChI is InChI=1S/C21H20N4O4/c1-28-18-10-6-3-7-14(18)13-23-21-22-12-11-17(25-21)19(26)24-16-9-5-4-8-15(16)20(27)29-2/h3-12H,13H2,1-2H3,(H,24,26)(H,22,23,25). The highest BCUT2D eigenvalue weighted by Crippen LogP contribution is 2.19. The van der Waals surface area contributed by atoms with Gasteiger partial charge in [-0.3, -0.25) is 4.79 Å². The second-order valence-corrected chi connectivity index (χ2v) is 5.92. The number of esters is 1. The topological polar surface area (TPSA) is 102 Å². The number of carbonyl (C=O) groups is 2. The number of nitrogens with one attached hydrogen (secondary N) is 2. The predicted octanol–water partition coefficient (Wildman–Crippen LogP) is 3.14. The number of anilines is 2. The van der Waals surface area contributed by atoms with E-state index < -0.39 is 11.9 Å². The van der Waals surface area contributed by atoms with Crippen LogP contribution in [0.4, 0.5) is 11.6 Å². The van der Waals surface area contributed by atoms with Crippen LogP contribution in [0.3, 0.4) is 0 Å². The Morgan fingerprint density at radius 1 is 1.00 bits per heavy atom. The van der Waals surface area contributed by atoms with Gasteiger partial charge in [0.25, 0.3) is 5.91 Å². The second-order valence-electron chi connectivity index (χ2n) is 5.92. The highest BCUT2D eigenvalue weighted by molar-refractivity contribution is 6.07. The van der Waals surface area contributed by atoms with Crippen molar-refractivity contribution in [1.29, 1.82) is 0 Å². The molecule has 0 bridgehead atoms. The van der Waals surface area contributed by atoms with E-state index in [4.69, 9.17) is 9.47 Å². The maximum Gasteiger partial charge on any atom is 0.339 e. The number of benzene rings is 2. The molecule has 0 saturated carbocycles. The zero-order valence-corrected chi connectivity index (χ0v) is 16.0. The highest BCUT2D eigenvalue weighted by Gasteiger charge is 2.15.